The molecule has 0 amide bonds. The zero-order valence-electron chi connectivity index (χ0n) is 20.2. The first-order valence-corrected chi connectivity index (χ1v) is 15.6. The molecular formula is C29H24IN4PS. The summed E-state index contributed by atoms with van der Waals surface area (Å²) < 4.78 is 5.50. The van der Waals surface area contributed by atoms with Gasteiger partial charge in [-0.05, 0) is 85.1 Å². The molecule has 178 valence electrons. The Balaban J connectivity index is 1.71. The topological polar surface area (TPSA) is 35.1 Å². The van der Waals surface area contributed by atoms with E-state index in [0.29, 0.717) is 0 Å². The number of aryl methyl sites for hydroxylation is 1. The predicted molar refractivity (Wildman–Crippen MR) is 163 cm³/mol. The highest BCUT2D eigenvalue weighted by atomic mass is 127. The Morgan fingerprint density at radius 1 is 0.750 bits per heavy atom. The van der Waals surface area contributed by atoms with E-state index in [4.69, 9.17) is 21.9 Å². The molecule has 2 aromatic heterocycles. The molecule has 36 heavy (non-hydrogen) atoms. The van der Waals surface area contributed by atoms with Crippen molar-refractivity contribution >= 4 is 68.4 Å². The Kier molecular flexibility index (Phi) is 5.86. The van der Waals surface area contributed by atoms with Crippen LogP contribution in [0.3, 0.4) is 0 Å². The minimum atomic E-state index is -2.50. The summed E-state index contributed by atoms with van der Waals surface area (Å²) >= 11 is 9.21. The van der Waals surface area contributed by atoms with Crippen LogP contribution < -0.4 is 15.9 Å². The molecule has 3 aromatic carbocycles. The van der Waals surface area contributed by atoms with Crippen LogP contribution in [-0.4, -0.2) is 20.6 Å². The zero-order valence-corrected chi connectivity index (χ0v) is 24.1. The molecule has 5 aromatic rings. The third kappa shape index (κ3) is 3.50. The Morgan fingerprint density at radius 2 is 1.39 bits per heavy atom. The second kappa shape index (κ2) is 8.94. The first-order chi connectivity index (χ1) is 17.4. The lowest BCUT2D eigenvalue weighted by molar-refractivity contribution is 0.863. The fraction of sp³-hybridized carbons (Fsp3) is 0.103. The summed E-state index contributed by atoms with van der Waals surface area (Å²) in [7, 11) is 0. The summed E-state index contributed by atoms with van der Waals surface area (Å²) in [4.78, 5) is 5.09. The van der Waals surface area contributed by atoms with Crippen molar-refractivity contribution in [2.24, 2.45) is 4.99 Å². The van der Waals surface area contributed by atoms with Gasteiger partial charge in [-0.3, -0.25) is 0 Å². The zero-order chi connectivity index (χ0) is 25.0. The third-order valence-corrected chi connectivity index (χ3v) is 12.6. The first kappa shape index (κ1) is 23.6. The second-order valence-corrected chi connectivity index (χ2v) is 14.5. The van der Waals surface area contributed by atoms with Gasteiger partial charge in [0.25, 0.3) is 0 Å². The van der Waals surface area contributed by atoms with Crippen molar-refractivity contribution in [3.63, 3.8) is 0 Å². The van der Waals surface area contributed by atoms with Gasteiger partial charge in [0.05, 0.1) is 16.7 Å². The van der Waals surface area contributed by atoms with Crippen LogP contribution in [0, 0.1) is 24.3 Å². The van der Waals surface area contributed by atoms with Gasteiger partial charge < -0.3 is 4.57 Å². The molecule has 0 spiro atoms. The molecular weight excluding hydrogens is 594 g/mol. The maximum atomic E-state index is 6.86. The molecule has 1 atom stereocenters. The Bertz CT molecular complexity index is 1680. The summed E-state index contributed by atoms with van der Waals surface area (Å²) in [5.74, 6) is 0.835. The molecule has 3 heterocycles. The average Bonchev–Trinajstić information content (AvgIpc) is 3.31. The van der Waals surface area contributed by atoms with Gasteiger partial charge in [0.1, 0.15) is 0 Å². The SMILES string of the molecule is Cc1nn(-c2ccccc2)c2c1P(=S)(c1ccccc1)c1c(c(C)n(-c3ccc(I)cc3)c1C)C=N2. The Labute approximate surface area is 229 Å². The van der Waals surface area contributed by atoms with Crippen LogP contribution in [0.1, 0.15) is 22.6 Å². The number of para-hydroxylation sites is 1. The number of hydrogen-bond acceptors (Lipinski definition) is 3. The molecule has 0 bridgehead atoms. The lowest BCUT2D eigenvalue weighted by atomic mass is 10.2. The molecule has 4 nitrogen and oxygen atoms in total. The van der Waals surface area contributed by atoms with Crippen molar-refractivity contribution in [1.82, 2.24) is 14.3 Å². The van der Waals surface area contributed by atoms with Gasteiger partial charge in [0.15, 0.2) is 5.82 Å². The smallest absolute Gasteiger partial charge is 0.165 e. The van der Waals surface area contributed by atoms with Gasteiger partial charge >= 0.3 is 0 Å². The number of halogens is 1. The summed E-state index contributed by atoms with van der Waals surface area (Å²) in [5.41, 5.74) is 6.50. The molecule has 0 saturated heterocycles. The highest BCUT2D eigenvalue weighted by Crippen LogP contribution is 2.50. The van der Waals surface area contributed by atoms with Gasteiger partial charge in [-0.15, -0.1) is 0 Å². The van der Waals surface area contributed by atoms with Crippen LogP contribution in [0.2, 0.25) is 0 Å². The molecule has 0 aliphatic carbocycles. The molecule has 0 saturated carbocycles. The minimum Gasteiger partial charge on any atom is -0.317 e. The molecule has 6 rings (SSSR count). The molecule has 0 N–H and O–H groups in total. The Hall–Kier alpha value is -2.80. The first-order valence-electron chi connectivity index (χ1n) is 11.7. The second-order valence-electron chi connectivity index (χ2n) is 8.95. The van der Waals surface area contributed by atoms with E-state index in [1.807, 2.05) is 29.1 Å². The predicted octanol–water partition coefficient (Wildman–Crippen LogP) is 6.01. The van der Waals surface area contributed by atoms with Crippen LogP contribution in [0.5, 0.6) is 0 Å². The van der Waals surface area contributed by atoms with Crippen LogP contribution >= 0.6 is 28.6 Å². The number of rotatable bonds is 3. The normalized spacial score (nSPS) is 16.4. The van der Waals surface area contributed by atoms with Crippen molar-refractivity contribution in [3.05, 3.63) is 111 Å². The number of aliphatic imine (C=N–C) groups is 1. The number of benzene rings is 3. The molecule has 7 heteroatoms. The molecule has 1 unspecified atom stereocenters. The van der Waals surface area contributed by atoms with Crippen LogP contribution in [-0.2, 0) is 11.8 Å². The van der Waals surface area contributed by atoms with E-state index in [0.717, 1.165) is 44.8 Å². The number of hydrogen-bond donors (Lipinski definition) is 0. The number of fused-ring (bicyclic) bond motifs is 2. The van der Waals surface area contributed by atoms with Gasteiger partial charge in [0.2, 0.25) is 0 Å². The van der Waals surface area contributed by atoms with E-state index in [1.54, 1.807) is 0 Å². The van der Waals surface area contributed by atoms with Crippen molar-refractivity contribution in [1.29, 1.82) is 0 Å². The Morgan fingerprint density at radius 3 is 2.06 bits per heavy atom. The van der Waals surface area contributed by atoms with Crippen LogP contribution in [0.25, 0.3) is 11.4 Å². The van der Waals surface area contributed by atoms with E-state index in [9.17, 15) is 0 Å². The van der Waals surface area contributed by atoms with E-state index in [2.05, 4.69) is 115 Å². The van der Waals surface area contributed by atoms with Crippen molar-refractivity contribution in [2.75, 3.05) is 0 Å². The van der Waals surface area contributed by atoms with Gasteiger partial charge in [-0.2, -0.15) is 5.10 Å². The highest BCUT2D eigenvalue weighted by Gasteiger charge is 2.39. The largest absolute Gasteiger partial charge is 0.317 e. The number of nitrogens with zero attached hydrogens (tertiary/aromatic N) is 4. The van der Waals surface area contributed by atoms with E-state index in [1.165, 1.54) is 14.6 Å². The molecule has 0 fully saturated rings. The maximum Gasteiger partial charge on any atom is 0.165 e. The van der Waals surface area contributed by atoms with Gasteiger partial charge in [-0.1, -0.05) is 60.3 Å². The fourth-order valence-electron chi connectivity index (χ4n) is 5.25. The van der Waals surface area contributed by atoms with Crippen molar-refractivity contribution in [2.45, 2.75) is 20.8 Å². The molecule has 1 aliphatic heterocycles. The lowest BCUT2D eigenvalue weighted by Crippen LogP contribution is -2.28. The minimum absolute atomic E-state index is 0.835. The van der Waals surface area contributed by atoms with Crippen molar-refractivity contribution < 1.29 is 0 Å². The van der Waals surface area contributed by atoms with Crippen LogP contribution in [0.15, 0.2) is 89.9 Å². The maximum absolute atomic E-state index is 6.86. The van der Waals surface area contributed by atoms with Crippen molar-refractivity contribution in [3.8, 4) is 11.4 Å². The lowest BCUT2D eigenvalue weighted by Gasteiger charge is -2.24. The number of aromatic nitrogens is 3. The van der Waals surface area contributed by atoms with Crippen LogP contribution in [0.4, 0.5) is 5.82 Å². The summed E-state index contributed by atoms with van der Waals surface area (Å²) in [6.07, 6.45) is 2.01. The quantitative estimate of drug-likeness (QED) is 0.180. The monoisotopic (exact) mass is 618 g/mol. The average molecular weight is 618 g/mol. The standard InChI is InChI=1S/C29H24IN4PS/c1-19-27-29(34(32-19)24-10-6-4-7-11-24)31-18-26-20(2)33(23-16-14-22(30)15-17-23)21(3)28(26)35(27,36)25-12-8-5-9-13-25/h4-18H,1-3H3. The van der Waals surface area contributed by atoms with E-state index >= 15 is 0 Å². The third-order valence-electron chi connectivity index (χ3n) is 6.81. The highest BCUT2D eigenvalue weighted by molar-refractivity contribution is 14.1. The summed E-state index contributed by atoms with van der Waals surface area (Å²) in [5, 5.41) is 8.42. The van der Waals surface area contributed by atoms with E-state index < -0.39 is 6.04 Å². The molecule has 1 aliphatic rings. The molecule has 0 radical (unpaired) electrons. The summed E-state index contributed by atoms with van der Waals surface area (Å²) in [6, 6.07) is 26.9. The summed E-state index contributed by atoms with van der Waals surface area (Å²) in [6.45, 7) is 6.44. The van der Waals surface area contributed by atoms with Gasteiger partial charge in [0, 0.05) is 43.8 Å². The van der Waals surface area contributed by atoms with E-state index in [-0.39, 0.29) is 0 Å². The van der Waals surface area contributed by atoms with Gasteiger partial charge in [-0.25, -0.2) is 9.67 Å². The fourth-order valence-corrected chi connectivity index (χ4v) is 10.7.